The third kappa shape index (κ3) is 2.41. The van der Waals surface area contributed by atoms with Crippen molar-refractivity contribution in [3.8, 4) is 5.75 Å². The molecule has 3 N–H and O–H groups in total. The summed E-state index contributed by atoms with van der Waals surface area (Å²) >= 11 is 9.21. The molecule has 0 aromatic heterocycles. The summed E-state index contributed by atoms with van der Waals surface area (Å²) < 4.78 is 0.628. The molecule has 0 unspecified atom stereocenters. The molecule has 0 aliphatic heterocycles. The molecule has 1 aromatic carbocycles. The third-order valence-electron chi connectivity index (χ3n) is 2.09. The molecule has 0 heterocycles. The summed E-state index contributed by atoms with van der Waals surface area (Å²) in [5.41, 5.74) is 6.54. The Labute approximate surface area is 97.2 Å². The average Bonchev–Trinajstić information content (AvgIpc) is 2.13. The lowest BCUT2D eigenvalue weighted by molar-refractivity contribution is 0.455. The van der Waals surface area contributed by atoms with Crippen molar-refractivity contribution in [1.29, 1.82) is 0 Å². The maximum Gasteiger partial charge on any atom is 0.136 e. The summed E-state index contributed by atoms with van der Waals surface area (Å²) in [5, 5.41) is 10.3. The van der Waals surface area contributed by atoms with Gasteiger partial charge in [-0.05, 0) is 34.5 Å². The topological polar surface area (TPSA) is 46.2 Å². The van der Waals surface area contributed by atoms with Crippen LogP contribution in [-0.2, 0) is 0 Å². The molecule has 0 saturated heterocycles. The predicted octanol–water partition coefficient (Wildman–Crippen LogP) is 3.61. The number of aromatic hydroxyl groups is 1. The van der Waals surface area contributed by atoms with Gasteiger partial charge < -0.3 is 10.8 Å². The molecule has 0 aliphatic carbocycles. The standard InChI is InChI=1S/C10H13BrClNO/c1-2-3-8(13)9-7(12)5-4-6(11)10(9)14/h4-5,8,14H,2-3,13H2,1H3/t8-/m0/s1. The van der Waals surface area contributed by atoms with Gasteiger partial charge in [0, 0.05) is 16.6 Å². The van der Waals surface area contributed by atoms with Gasteiger partial charge in [0.05, 0.1) is 4.47 Å². The molecular formula is C10H13BrClNO. The van der Waals surface area contributed by atoms with Crippen LogP contribution in [0.1, 0.15) is 31.4 Å². The second-order valence-electron chi connectivity index (χ2n) is 3.19. The first-order valence-electron chi connectivity index (χ1n) is 4.50. The molecule has 0 bridgehead atoms. The molecule has 14 heavy (non-hydrogen) atoms. The molecule has 1 aromatic rings. The second kappa shape index (κ2) is 5.01. The van der Waals surface area contributed by atoms with Gasteiger partial charge in [0.25, 0.3) is 0 Å². The van der Waals surface area contributed by atoms with Gasteiger partial charge in [0.2, 0.25) is 0 Å². The maximum atomic E-state index is 9.76. The fourth-order valence-electron chi connectivity index (χ4n) is 1.36. The Morgan fingerprint density at radius 3 is 2.79 bits per heavy atom. The number of rotatable bonds is 3. The van der Waals surface area contributed by atoms with E-state index in [1.165, 1.54) is 0 Å². The Morgan fingerprint density at radius 2 is 2.21 bits per heavy atom. The molecule has 0 amide bonds. The average molecular weight is 279 g/mol. The monoisotopic (exact) mass is 277 g/mol. The fourth-order valence-corrected chi connectivity index (χ4v) is 2.00. The van der Waals surface area contributed by atoms with Crippen LogP contribution in [0.15, 0.2) is 16.6 Å². The summed E-state index contributed by atoms with van der Waals surface area (Å²) in [6.45, 7) is 2.04. The molecule has 2 nitrogen and oxygen atoms in total. The van der Waals surface area contributed by atoms with E-state index in [-0.39, 0.29) is 11.8 Å². The van der Waals surface area contributed by atoms with E-state index in [9.17, 15) is 5.11 Å². The minimum Gasteiger partial charge on any atom is -0.506 e. The van der Waals surface area contributed by atoms with Crippen LogP contribution >= 0.6 is 27.5 Å². The smallest absolute Gasteiger partial charge is 0.136 e. The number of hydrogen-bond acceptors (Lipinski definition) is 2. The van der Waals surface area contributed by atoms with Crippen molar-refractivity contribution >= 4 is 27.5 Å². The Bertz CT molecular complexity index is 330. The molecule has 78 valence electrons. The maximum absolute atomic E-state index is 9.76. The molecule has 0 saturated carbocycles. The van der Waals surface area contributed by atoms with Crippen molar-refractivity contribution in [3.63, 3.8) is 0 Å². The molecule has 1 rings (SSSR count). The number of halogens is 2. The van der Waals surface area contributed by atoms with Crippen LogP contribution in [0.4, 0.5) is 0 Å². The van der Waals surface area contributed by atoms with Gasteiger partial charge in [0.15, 0.2) is 0 Å². The lowest BCUT2D eigenvalue weighted by Gasteiger charge is -2.15. The van der Waals surface area contributed by atoms with E-state index in [0.717, 1.165) is 12.8 Å². The van der Waals surface area contributed by atoms with Crippen molar-refractivity contribution < 1.29 is 5.11 Å². The molecule has 1 atom stereocenters. The zero-order chi connectivity index (χ0) is 10.7. The van der Waals surface area contributed by atoms with E-state index >= 15 is 0 Å². The Hall–Kier alpha value is -0.250. The van der Waals surface area contributed by atoms with Gasteiger partial charge in [0.1, 0.15) is 5.75 Å². The Kier molecular flexibility index (Phi) is 4.23. The van der Waals surface area contributed by atoms with Gasteiger partial charge in [-0.25, -0.2) is 0 Å². The van der Waals surface area contributed by atoms with E-state index in [0.29, 0.717) is 15.1 Å². The van der Waals surface area contributed by atoms with Crippen LogP contribution in [-0.4, -0.2) is 5.11 Å². The van der Waals surface area contributed by atoms with Gasteiger partial charge >= 0.3 is 0 Å². The normalized spacial score (nSPS) is 12.9. The largest absolute Gasteiger partial charge is 0.506 e. The molecule has 0 aliphatic rings. The number of phenols is 1. The lowest BCUT2D eigenvalue weighted by Crippen LogP contribution is -2.10. The van der Waals surface area contributed by atoms with Crippen molar-refractivity contribution in [3.05, 3.63) is 27.2 Å². The molecule has 4 heteroatoms. The second-order valence-corrected chi connectivity index (χ2v) is 4.45. The number of nitrogens with two attached hydrogens (primary N) is 1. The zero-order valence-corrected chi connectivity index (χ0v) is 10.3. The highest BCUT2D eigenvalue weighted by Crippen LogP contribution is 2.37. The van der Waals surface area contributed by atoms with E-state index in [1.54, 1.807) is 12.1 Å². The molecule has 0 spiro atoms. The summed E-state index contributed by atoms with van der Waals surface area (Å²) in [6, 6.07) is 3.24. The highest BCUT2D eigenvalue weighted by Gasteiger charge is 2.16. The first-order chi connectivity index (χ1) is 6.57. The van der Waals surface area contributed by atoms with E-state index in [4.69, 9.17) is 17.3 Å². The first kappa shape index (κ1) is 11.8. The highest BCUT2D eigenvalue weighted by molar-refractivity contribution is 9.10. The van der Waals surface area contributed by atoms with E-state index in [2.05, 4.69) is 15.9 Å². The van der Waals surface area contributed by atoms with Gasteiger partial charge in [-0.2, -0.15) is 0 Å². The van der Waals surface area contributed by atoms with Crippen molar-refractivity contribution in [2.45, 2.75) is 25.8 Å². The van der Waals surface area contributed by atoms with Crippen LogP contribution in [0.2, 0.25) is 5.02 Å². The van der Waals surface area contributed by atoms with Crippen LogP contribution in [0.3, 0.4) is 0 Å². The quantitative estimate of drug-likeness (QED) is 0.887. The SMILES string of the molecule is CCC[C@H](N)c1c(Cl)ccc(Br)c1O. The third-order valence-corrected chi connectivity index (χ3v) is 3.05. The zero-order valence-electron chi connectivity index (χ0n) is 7.93. The number of hydrogen-bond donors (Lipinski definition) is 2. The first-order valence-corrected chi connectivity index (χ1v) is 5.67. The molecular weight excluding hydrogens is 265 g/mol. The van der Waals surface area contributed by atoms with Crippen LogP contribution in [0, 0.1) is 0 Å². The predicted molar refractivity (Wildman–Crippen MR) is 62.7 cm³/mol. The van der Waals surface area contributed by atoms with Gasteiger partial charge in [-0.15, -0.1) is 0 Å². The van der Waals surface area contributed by atoms with Gasteiger partial charge in [-0.3, -0.25) is 0 Å². The molecule has 0 radical (unpaired) electrons. The van der Waals surface area contributed by atoms with Crippen LogP contribution < -0.4 is 5.73 Å². The fraction of sp³-hybridized carbons (Fsp3) is 0.400. The highest BCUT2D eigenvalue weighted by atomic mass is 79.9. The summed E-state index contributed by atoms with van der Waals surface area (Å²) in [6.07, 6.45) is 1.77. The van der Waals surface area contributed by atoms with E-state index in [1.807, 2.05) is 6.92 Å². The van der Waals surface area contributed by atoms with Gasteiger partial charge in [-0.1, -0.05) is 24.9 Å². The summed E-state index contributed by atoms with van der Waals surface area (Å²) in [5.74, 6) is 0.151. The minimum absolute atomic E-state index is 0.151. The molecule has 0 fully saturated rings. The van der Waals surface area contributed by atoms with Crippen LogP contribution in [0.5, 0.6) is 5.75 Å². The summed E-state index contributed by atoms with van der Waals surface area (Å²) in [7, 11) is 0. The minimum atomic E-state index is -0.204. The number of benzene rings is 1. The lowest BCUT2D eigenvalue weighted by atomic mass is 10.0. The van der Waals surface area contributed by atoms with E-state index < -0.39 is 0 Å². The van der Waals surface area contributed by atoms with Crippen molar-refractivity contribution in [2.24, 2.45) is 5.73 Å². The van der Waals surface area contributed by atoms with Crippen molar-refractivity contribution in [1.82, 2.24) is 0 Å². The Balaban J connectivity index is 3.11. The summed E-state index contributed by atoms with van der Waals surface area (Å²) in [4.78, 5) is 0. The number of phenolic OH excluding ortho intramolecular Hbond substituents is 1. The Morgan fingerprint density at radius 1 is 1.57 bits per heavy atom. The van der Waals surface area contributed by atoms with Crippen LogP contribution in [0.25, 0.3) is 0 Å². The van der Waals surface area contributed by atoms with Crippen molar-refractivity contribution in [2.75, 3.05) is 0 Å².